The number of unbranched alkanes of at least 4 members (excludes halogenated alkanes) is 2. The summed E-state index contributed by atoms with van der Waals surface area (Å²) in [5, 5.41) is 8.88. The number of nitrogens with two attached hydrogens (primary N) is 1. The Bertz CT molecular complexity index is 1480. The minimum Gasteiger partial charge on any atom is -0.480 e. The predicted octanol–water partition coefficient (Wildman–Crippen LogP) is 10.0. The summed E-state index contributed by atoms with van der Waals surface area (Å²) in [6.07, 6.45) is 49.3. The molecule has 1 heterocycles. The van der Waals surface area contributed by atoms with Gasteiger partial charge >= 0.3 is 25.7 Å². The topological polar surface area (TPSA) is 184 Å². The zero-order chi connectivity index (χ0) is 43.2. The molecule has 13 heteroatoms. The highest BCUT2D eigenvalue weighted by Crippen LogP contribution is 2.43. The highest BCUT2D eigenvalue weighted by molar-refractivity contribution is 7.47. The van der Waals surface area contributed by atoms with Crippen LogP contribution >= 0.6 is 7.82 Å². The molecular weight excluding hydrogens is 773 g/mol. The van der Waals surface area contributed by atoms with Gasteiger partial charge in [-0.15, -0.1) is 0 Å². The van der Waals surface area contributed by atoms with Crippen molar-refractivity contribution in [3.8, 4) is 0 Å². The van der Waals surface area contributed by atoms with E-state index >= 15 is 0 Å². The number of hydrogen-bond acceptors (Lipinski definition) is 10. The third-order valence-corrected chi connectivity index (χ3v) is 9.38. The Morgan fingerprint density at radius 1 is 0.610 bits per heavy atom. The summed E-state index contributed by atoms with van der Waals surface area (Å²) in [5.41, 5.74) is 5.32. The minimum atomic E-state index is -4.75. The summed E-state index contributed by atoms with van der Waals surface area (Å²) in [6, 6.07) is -1.55. The SMILES string of the molecule is CC/C=C\C/C=C\C/C=C\C/C=C\CCCCC(=O)O[C@H](COC(=O)CC/C=C\C/C=C\C/C=C\C/C=C\CC1OC1C/C=C\CC)COP(=O)(O)OC[C@H](N)C(=O)O. The van der Waals surface area contributed by atoms with Crippen LogP contribution in [0.4, 0.5) is 0 Å². The molecule has 0 radical (unpaired) electrons. The highest BCUT2D eigenvalue weighted by atomic mass is 31.2. The normalized spacial score (nSPS) is 18.2. The molecule has 1 saturated heterocycles. The number of carboxylic acid groups (broad SMARTS) is 1. The third-order valence-electron chi connectivity index (χ3n) is 8.43. The molecule has 5 atom stereocenters. The van der Waals surface area contributed by atoms with Crippen LogP contribution in [-0.4, -0.2) is 72.1 Å². The monoisotopic (exact) mass is 843 g/mol. The van der Waals surface area contributed by atoms with E-state index in [2.05, 4.69) is 116 Å². The Hall–Kier alpha value is -3.90. The number of ether oxygens (including phenoxy) is 3. The maximum atomic E-state index is 12.6. The molecule has 0 aromatic heterocycles. The number of hydrogen-bond donors (Lipinski definition) is 3. The van der Waals surface area contributed by atoms with Crippen LogP contribution in [0.1, 0.15) is 117 Å². The van der Waals surface area contributed by atoms with Crippen molar-refractivity contribution >= 4 is 25.7 Å². The van der Waals surface area contributed by atoms with Gasteiger partial charge in [-0.3, -0.25) is 23.4 Å². The highest BCUT2D eigenvalue weighted by Gasteiger charge is 2.36. The Morgan fingerprint density at radius 3 is 1.61 bits per heavy atom. The quantitative estimate of drug-likeness (QED) is 0.0179. The van der Waals surface area contributed by atoms with Crippen LogP contribution in [0, 0.1) is 0 Å². The Kier molecular flexibility index (Phi) is 32.4. The van der Waals surface area contributed by atoms with E-state index in [1.807, 2.05) is 12.2 Å². The molecule has 59 heavy (non-hydrogen) atoms. The number of carbonyl (C=O) groups is 3. The van der Waals surface area contributed by atoms with E-state index in [1.165, 1.54) is 0 Å². The largest absolute Gasteiger partial charge is 0.480 e. The van der Waals surface area contributed by atoms with Gasteiger partial charge in [-0.05, 0) is 89.9 Å². The van der Waals surface area contributed by atoms with Gasteiger partial charge in [-0.1, -0.05) is 123 Å². The maximum Gasteiger partial charge on any atom is 0.472 e. The lowest BCUT2D eigenvalue weighted by Crippen LogP contribution is -2.34. The van der Waals surface area contributed by atoms with Gasteiger partial charge in [0.2, 0.25) is 0 Å². The summed E-state index contributed by atoms with van der Waals surface area (Å²) in [5.74, 6) is -2.56. The van der Waals surface area contributed by atoms with E-state index in [1.54, 1.807) is 0 Å². The van der Waals surface area contributed by atoms with Crippen LogP contribution in [-0.2, 0) is 42.2 Å². The van der Waals surface area contributed by atoms with Gasteiger partial charge in [0.1, 0.15) is 12.6 Å². The van der Waals surface area contributed by atoms with Crippen molar-refractivity contribution in [1.82, 2.24) is 0 Å². The molecule has 3 unspecified atom stereocenters. The number of phosphoric ester groups is 1. The lowest BCUT2D eigenvalue weighted by atomic mass is 10.1. The molecule has 0 bridgehead atoms. The van der Waals surface area contributed by atoms with Crippen LogP contribution < -0.4 is 5.73 Å². The molecule has 0 saturated carbocycles. The molecule has 1 fully saturated rings. The molecule has 330 valence electrons. The predicted molar refractivity (Wildman–Crippen MR) is 234 cm³/mol. The van der Waals surface area contributed by atoms with Crippen molar-refractivity contribution in [1.29, 1.82) is 0 Å². The minimum absolute atomic E-state index is 0.0768. The third kappa shape index (κ3) is 33.6. The van der Waals surface area contributed by atoms with E-state index in [0.29, 0.717) is 25.0 Å². The summed E-state index contributed by atoms with van der Waals surface area (Å²) in [7, 11) is -4.75. The van der Waals surface area contributed by atoms with E-state index in [9.17, 15) is 23.8 Å². The van der Waals surface area contributed by atoms with Crippen molar-refractivity contribution in [3.05, 3.63) is 109 Å². The summed E-state index contributed by atoms with van der Waals surface area (Å²) < 4.78 is 38.2. The number of carbonyl (C=O) groups excluding carboxylic acids is 2. The zero-order valence-electron chi connectivity index (χ0n) is 35.2. The molecule has 0 aliphatic carbocycles. The second kappa shape index (κ2) is 36.0. The van der Waals surface area contributed by atoms with Crippen LogP contribution in [0.25, 0.3) is 0 Å². The second-order valence-electron chi connectivity index (χ2n) is 13.7. The van der Waals surface area contributed by atoms with Crippen molar-refractivity contribution in [2.75, 3.05) is 19.8 Å². The van der Waals surface area contributed by atoms with Gasteiger partial charge in [-0.2, -0.15) is 0 Å². The average Bonchev–Trinajstić information content (AvgIpc) is 3.97. The molecular formula is C46H70NO11P. The number of phosphoric acid groups is 1. The smallest absolute Gasteiger partial charge is 0.472 e. The van der Waals surface area contributed by atoms with Crippen molar-refractivity contribution in [2.45, 2.75) is 141 Å². The number of allylic oxidation sites excluding steroid dienone is 16. The lowest BCUT2D eigenvalue weighted by molar-refractivity contribution is -0.161. The van der Waals surface area contributed by atoms with Gasteiger partial charge in [0.05, 0.1) is 25.4 Å². The number of carboxylic acids is 1. The fourth-order valence-corrected chi connectivity index (χ4v) is 5.84. The van der Waals surface area contributed by atoms with Crippen LogP contribution in [0.3, 0.4) is 0 Å². The first-order valence-corrected chi connectivity index (χ1v) is 22.5. The molecule has 0 aromatic carbocycles. The molecule has 1 rings (SSSR count). The average molecular weight is 844 g/mol. The van der Waals surface area contributed by atoms with Gasteiger partial charge in [-0.25, -0.2) is 4.57 Å². The first-order chi connectivity index (χ1) is 28.6. The van der Waals surface area contributed by atoms with Crippen molar-refractivity contribution in [3.63, 3.8) is 0 Å². The number of rotatable bonds is 36. The van der Waals surface area contributed by atoms with Gasteiger partial charge in [0, 0.05) is 12.8 Å². The second-order valence-corrected chi connectivity index (χ2v) is 15.2. The molecule has 12 nitrogen and oxygen atoms in total. The van der Waals surface area contributed by atoms with Crippen molar-refractivity contribution < 1.29 is 52.2 Å². The van der Waals surface area contributed by atoms with Gasteiger partial charge < -0.3 is 29.9 Å². The maximum absolute atomic E-state index is 12.6. The van der Waals surface area contributed by atoms with E-state index in [0.717, 1.165) is 77.0 Å². The number of aliphatic carboxylic acids is 1. The fraction of sp³-hybridized carbons (Fsp3) is 0.543. The van der Waals surface area contributed by atoms with Crippen LogP contribution in [0.5, 0.6) is 0 Å². The van der Waals surface area contributed by atoms with Gasteiger partial charge in [0.15, 0.2) is 6.10 Å². The molecule has 1 aliphatic rings. The van der Waals surface area contributed by atoms with E-state index in [4.69, 9.17) is 29.6 Å². The molecule has 0 aromatic rings. The van der Waals surface area contributed by atoms with E-state index < -0.39 is 57.7 Å². The summed E-state index contributed by atoms with van der Waals surface area (Å²) in [4.78, 5) is 45.9. The van der Waals surface area contributed by atoms with E-state index in [-0.39, 0.29) is 12.8 Å². The molecule has 0 amide bonds. The lowest BCUT2D eigenvalue weighted by Gasteiger charge is -2.20. The van der Waals surface area contributed by atoms with Crippen LogP contribution in [0.15, 0.2) is 109 Å². The summed E-state index contributed by atoms with van der Waals surface area (Å²) >= 11 is 0. The molecule has 0 spiro atoms. The van der Waals surface area contributed by atoms with Crippen LogP contribution in [0.2, 0.25) is 0 Å². The Balaban J connectivity index is 2.38. The number of esters is 2. The first kappa shape index (κ1) is 53.1. The number of epoxide rings is 1. The van der Waals surface area contributed by atoms with Crippen molar-refractivity contribution in [2.24, 2.45) is 5.73 Å². The Morgan fingerprint density at radius 2 is 1.07 bits per heavy atom. The molecule has 1 aliphatic heterocycles. The molecule has 4 N–H and O–H groups in total. The zero-order valence-corrected chi connectivity index (χ0v) is 36.1. The Labute approximate surface area is 352 Å². The standard InChI is InChI=1S/C46H70NO11P/c1-3-5-7-8-9-10-11-12-13-14-19-22-25-28-32-36-45(49)57-40(38-55-59(52,53)56-39-41(47)46(50)51)37-54-44(48)35-31-27-24-21-18-16-15-17-20-23-26-30-34-43-42(58-43)33-29-6-4-2/h5-7,9-10,12-13,16-20,22,24,26-27,29-30,40-43H,3-4,8,11,14-15,21,23,25,28,31-39,47H2,1-2H3,(H,50,51)(H,52,53)/b7-5-,10-9-,13-12-,18-16-,20-17-,22-19-,27-24-,29-6-,30-26-/t40-,41+,42?,43?/m1/s1. The fourth-order valence-electron chi connectivity index (χ4n) is 5.06. The summed E-state index contributed by atoms with van der Waals surface area (Å²) in [6.45, 7) is 2.41. The first-order valence-electron chi connectivity index (χ1n) is 21.0. The van der Waals surface area contributed by atoms with Gasteiger partial charge in [0.25, 0.3) is 0 Å².